The molecular formula is C6H11NO6. The maximum atomic E-state index is 10.7. The second kappa shape index (κ2) is 6.35. The summed E-state index contributed by atoms with van der Waals surface area (Å²) in [4.78, 5) is 21.3. The van der Waals surface area contributed by atoms with Crippen molar-refractivity contribution in [3.63, 3.8) is 0 Å². The Bertz CT molecular complexity index is 182. The fourth-order valence-corrected chi connectivity index (χ4v) is 0.564. The van der Waals surface area contributed by atoms with Crippen LogP contribution in [0.15, 0.2) is 0 Å². The van der Waals surface area contributed by atoms with Crippen LogP contribution in [0, 0.1) is 0 Å². The van der Waals surface area contributed by atoms with Crippen LogP contribution in [0.2, 0.25) is 0 Å². The molecule has 0 radical (unpaired) electrons. The van der Waals surface area contributed by atoms with Crippen LogP contribution in [-0.2, 0) is 19.1 Å². The molecule has 0 bridgehead atoms. The van der Waals surface area contributed by atoms with E-state index in [1.807, 2.05) is 0 Å². The number of ether oxygens (including phenoxy) is 2. The highest BCUT2D eigenvalue weighted by molar-refractivity contribution is 5.82. The fourth-order valence-electron chi connectivity index (χ4n) is 0.564. The predicted molar refractivity (Wildman–Crippen MR) is 38.9 cm³/mol. The topological polar surface area (TPSA) is 119 Å². The molecule has 76 valence electrons. The Morgan fingerprint density at radius 2 is 1.77 bits per heavy atom. The van der Waals surface area contributed by atoms with E-state index in [9.17, 15) is 9.59 Å². The first-order valence-electron chi connectivity index (χ1n) is 3.41. The van der Waals surface area contributed by atoms with Crippen LogP contribution >= 0.6 is 0 Å². The van der Waals surface area contributed by atoms with E-state index in [-0.39, 0.29) is 0 Å². The van der Waals surface area contributed by atoms with Gasteiger partial charge in [0, 0.05) is 0 Å². The van der Waals surface area contributed by atoms with Gasteiger partial charge in [-0.25, -0.2) is 0 Å². The summed E-state index contributed by atoms with van der Waals surface area (Å²) in [6.45, 7) is -1.55. The van der Waals surface area contributed by atoms with E-state index in [2.05, 4.69) is 9.47 Å². The zero-order chi connectivity index (χ0) is 10.3. The first kappa shape index (κ1) is 11.8. The predicted octanol–water partition coefficient (Wildman–Crippen LogP) is -2.31. The van der Waals surface area contributed by atoms with E-state index in [1.54, 1.807) is 0 Å². The highest BCUT2D eigenvalue weighted by atomic mass is 16.6. The summed E-state index contributed by atoms with van der Waals surface area (Å²) in [7, 11) is 0. The Hall–Kier alpha value is -1.18. The smallest absolute Gasteiger partial charge is 0.325 e. The molecule has 0 aromatic carbocycles. The van der Waals surface area contributed by atoms with Crippen molar-refractivity contribution in [1.29, 1.82) is 0 Å². The third kappa shape index (κ3) is 5.12. The molecule has 0 heterocycles. The number of rotatable bonds is 5. The lowest BCUT2D eigenvalue weighted by Gasteiger charge is -2.08. The second-order valence-electron chi connectivity index (χ2n) is 2.05. The lowest BCUT2D eigenvalue weighted by molar-refractivity contribution is -0.160. The minimum Gasteiger partial charge on any atom is -0.439 e. The van der Waals surface area contributed by atoms with Crippen LogP contribution in [0.25, 0.3) is 0 Å². The maximum absolute atomic E-state index is 10.7. The molecule has 1 unspecified atom stereocenters. The van der Waals surface area contributed by atoms with E-state index >= 15 is 0 Å². The van der Waals surface area contributed by atoms with Crippen molar-refractivity contribution in [1.82, 2.24) is 0 Å². The molecule has 0 amide bonds. The molecule has 13 heavy (non-hydrogen) atoms. The monoisotopic (exact) mass is 193 g/mol. The molecule has 0 aromatic heterocycles. The minimum absolute atomic E-state index is 0.403. The molecule has 0 saturated carbocycles. The summed E-state index contributed by atoms with van der Waals surface area (Å²) in [6, 6.07) is -1.19. The maximum Gasteiger partial charge on any atom is 0.325 e. The van der Waals surface area contributed by atoms with Gasteiger partial charge in [0.1, 0.15) is 6.04 Å². The van der Waals surface area contributed by atoms with E-state index in [1.165, 1.54) is 0 Å². The molecule has 4 N–H and O–H groups in total. The molecule has 7 nitrogen and oxygen atoms in total. The molecule has 1 atom stereocenters. The molecule has 0 saturated heterocycles. The van der Waals surface area contributed by atoms with Gasteiger partial charge in [0.05, 0.1) is 6.42 Å². The van der Waals surface area contributed by atoms with Gasteiger partial charge in [-0.15, -0.1) is 0 Å². The van der Waals surface area contributed by atoms with Crippen LogP contribution in [0.1, 0.15) is 6.42 Å². The minimum atomic E-state index is -1.19. The number of hydrogen-bond donors (Lipinski definition) is 3. The Morgan fingerprint density at radius 3 is 2.23 bits per heavy atom. The van der Waals surface area contributed by atoms with Gasteiger partial charge in [-0.2, -0.15) is 0 Å². The summed E-state index contributed by atoms with van der Waals surface area (Å²) in [5, 5.41) is 16.3. The summed E-state index contributed by atoms with van der Waals surface area (Å²) in [5.74, 6) is -1.72. The number of hydrogen-bond acceptors (Lipinski definition) is 7. The number of aliphatic hydroxyl groups excluding tert-OH is 2. The fraction of sp³-hybridized carbons (Fsp3) is 0.667. The zero-order valence-corrected chi connectivity index (χ0v) is 6.80. The van der Waals surface area contributed by atoms with Gasteiger partial charge >= 0.3 is 11.9 Å². The molecule has 0 fully saturated rings. The number of carbonyl (C=O) groups is 2. The Morgan fingerprint density at radius 1 is 1.23 bits per heavy atom. The highest BCUT2D eigenvalue weighted by Crippen LogP contribution is 1.94. The Labute approximate surface area is 74.0 Å². The Balaban J connectivity index is 3.78. The van der Waals surface area contributed by atoms with Gasteiger partial charge in [0.25, 0.3) is 0 Å². The zero-order valence-electron chi connectivity index (χ0n) is 6.80. The molecule has 0 spiro atoms. The van der Waals surface area contributed by atoms with Crippen LogP contribution in [0.3, 0.4) is 0 Å². The molecule has 7 heteroatoms. The molecule has 0 aromatic rings. The lowest BCUT2D eigenvalue weighted by atomic mass is 10.2. The van der Waals surface area contributed by atoms with E-state index in [0.717, 1.165) is 0 Å². The average Bonchev–Trinajstić information content (AvgIpc) is 2.05. The summed E-state index contributed by atoms with van der Waals surface area (Å²) >= 11 is 0. The number of esters is 2. The largest absolute Gasteiger partial charge is 0.439 e. The van der Waals surface area contributed by atoms with Crippen molar-refractivity contribution in [2.24, 2.45) is 5.73 Å². The standard InChI is InChI=1S/C6H11NO6/c7-4(6(11)13-3-9)1-5(10)12-2-8/h4,8-9H,1-3,7H2. The van der Waals surface area contributed by atoms with Gasteiger partial charge in [-0.3, -0.25) is 9.59 Å². The molecule has 0 aliphatic rings. The summed E-state index contributed by atoms with van der Waals surface area (Å²) < 4.78 is 8.21. The van der Waals surface area contributed by atoms with Gasteiger partial charge in [-0.05, 0) is 0 Å². The van der Waals surface area contributed by atoms with Crippen molar-refractivity contribution >= 4 is 11.9 Å². The second-order valence-corrected chi connectivity index (χ2v) is 2.05. The molecule has 0 aliphatic heterocycles. The van der Waals surface area contributed by atoms with Crippen molar-refractivity contribution < 1.29 is 29.3 Å². The average molecular weight is 193 g/mol. The van der Waals surface area contributed by atoms with Gasteiger partial charge in [0.2, 0.25) is 0 Å². The molecule has 0 aliphatic carbocycles. The summed E-state index contributed by atoms with van der Waals surface area (Å²) in [5.41, 5.74) is 5.17. The van der Waals surface area contributed by atoms with E-state index < -0.39 is 38.0 Å². The van der Waals surface area contributed by atoms with Crippen LogP contribution < -0.4 is 5.73 Å². The number of aliphatic hydroxyl groups is 2. The first-order chi connectivity index (χ1) is 6.11. The quantitative estimate of drug-likeness (QED) is 0.331. The normalized spacial score (nSPS) is 11.9. The van der Waals surface area contributed by atoms with Crippen molar-refractivity contribution in [3.8, 4) is 0 Å². The summed E-state index contributed by atoms with van der Waals surface area (Å²) in [6.07, 6.45) is -0.403. The molecular weight excluding hydrogens is 182 g/mol. The van der Waals surface area contributed by atoms with Crippen molar-refractivity contribution in [3.05, 3.63) is 0 Å². The van der Waals surface area contributed by atoms with Gasteiger partial charge in [-0.1, -0.05) is 0 Å². The van der Waals surface area contributed by atoms with Crippen LogP contribution in [-0.4, -0.2) is 41.8 Å². The number of nitrogens with two attached hydrogens (primary N) is 1. The third-order valence-electron chi connectivity index (χ3n) is 1.12. The van der Waals surface area contributed by atoms with Gasteiger partial charge in [0.15, 0.2) is 13.6 Å². The third-order valence-corrected chi connectivity index (χ3v) is 1.12. The van der Waals surface area contributed by atoms with Crippen LogP contribution in [0.4, 0.5) is 0 Å². The van der Waals surface area contributed by atoms with E-state index in [0.29, 0.717) is 0 Å². The SMILES string of the molecule is NC(CC(=O)OCO)C(=O)OCO. The van der Waals surface area contributed by atoms with E-state index in [4.69, 9.17) is 15.9 Å². The Kier molecular flexibility index (Phi) is 5.77. The first-order valence-corrected chi connectivity index (χ1v) is 3.41. The lowest BCUT2D eigenvalue weighted by Crippen LogP contribution is -2.35. The molecule has 0 rings (SSSR count). The van der Waals surface area contributed by atoms with Gasteiger partial charge < -0.3 is 25.4 Å². The van der Waals surface area contributed by atoms with Crippen molar-refractivity contribution in [2.45, 2.75) is 12.5 Å². The van der Waals surface area contributed by atoms with Crippen LogP contribution in [0.5, 0.6) is 0 Å². The highest BCUT2D eigenvalue weighted by Gasteiger charge is 2.19. The van der Waals surface area contributed by atoms with Crippen molar-refractivity contribution in [2.75, 3.05) is 13.6 Å². The number of carbonyl (C=O) groups excluding carboxylic acids is 2.